The Balaban J connectivity index is 2.69. The number of aliphatic hydroxyl groups is 1. The molecule has 0 aromatic rings. The molecule has 0 amide bonds. The second kappa shape index (κ2) is 7.60. The number of carbonyl (C=O) groups is 1. The lowest BCUT2D eigenvalue weighted by atomic mass is 9.76. The van der Waals surface area contributed by atoms with Crippen LogP contribution in [0.5, 0.6) is 0 Å². The van der Waals surface area contributed by atoms with Crippen LogP contribution in [0.25, 0.3) is 0 Å². The topological polar surface area (TPSA) is 57.5 Å². The summed E-state index contributed by atoms with van der Waals surface area (Å²) in [6.07, 6.45) is 11.0. The van der Waals surface area contributed by atoms with Gasteiger partial charge in [0, 0.05) is 5.41 Å². The summed E-state index contributed by atoms with van der Waals surface area (Å²) in [5.74, 6) is -0.312. The van der Waals surface area contributed by atoms with E-state index in [0.29, 0.717) is 5.57 Å². The van der Waals surface area contributed by atoms with E-state index < -0.39 is 17.5 Å². The highest BCUT2D eigenvalue weighted by Crippen LogP contribution is 2.34. The number of hydrogen-bond donors (Lipinski definition) is 2. The average Bonchev–Trinajstić information content (AvgIpc) is 2.37. The fraction of sp³-hybridized carbons (Fsp3) is 0.611. The van der Waals surface area contributed by atoms with Gasteiger partial charge in [0.1, 0.15) is 0 Å². The summed E-state index contributed by atoms with van der Waals surface area (Å²) in [4.78, 5) is 11.4. The summed E-state index contributed by atoms with van der Waals surface area (Å²) in [6, 6.07) is 0. The Labute approximate surface area is 128 Å². The van der Waals surface area contributed by atoms with Gasteiger partial charge in [-0.1, -0.05) is 64.8 Å². The highest BCUT2D eigenvalue weighted by molar-refractivity contribution is 5.90. The third-order valence-corrected chi connectivity index (χ3v) is 3.91. The van der Waals surface area contributed by atoms with Crippen LogP contribution >= 0.6 is 0 Å². The van der Waals surface area contributed by atoms with Gasteiger partial charge in [0.15, 0.2) is 0 Å². The monoisotopic (exact) mass is 292 g/mol. The van der Waals surface area contributed by atoms with Gasteiger partial charge in [-0.2, -0.15) is 0 Å². The van der Waals surface area contributed by atoms with Gasteiger partial charge in [-0.3, -0.25) is 0 Å². The third kappa shape index (κ3) is 5.16. The number of aliphatic hydroxyl groups excluding tert-OH is 1. The number of hydrogen-bond acceptors (Lipinski definition) is 2. The molecule has 0 aliphatic heterocycles. The minimum Gasteiger partial charge on any atom is -0.478 e. The standard InChI is InChI=1S/C18H28O3/c1-13(2)9-7-5-6-8-10-14-11-12-18(3,4)16(19)15(14)17(20)21/h8,10-13,16,19H,5-7,9H2,1-4H3,(H,20,21). The Morgan fingerprint density at radius 3 is 2.62 bits per heavy atom. The molecular weight excluding hydrogens is 264 g/mol. The molecule has 1 unspecified atom stereocenters. The summed E-state index contributed by atoms with van der Waals surface area (Å²) in [5, 5.41) is 19.5. The zero-order valence-electron chi connectivity index (χ0n) is 13.6. The molecule has 0 fully saturated rings. The number of carboxylic acids is 1. The van der Waals surface area contributed by atoms with Crippen LogP contribution in [0.4, 0.5) is 0 Å². The normalized spacial score (nSPS) is 21.5. The van der Waals surface area contributed by atoms with Crippen molar-refractivity contribution in [2.75, 3.05) is 0 Å². The van der Waals surface area contributed by atoms with Crippen LogP contribution in [0.3, 0.4) is 0 Å². The molecule has 1 atom stereocenters. The lowest BCUT2D eigenvalue weighted by Crippen LogP contribution is -2.35. The molecule has 0 bridgehead atoms. The van der Waals surface area contributed by atoms with E-state index in [9.17, 15) is 15.0 Å². The SMILES string of the molecule is CC(C)CCCCC=CC1=C(C(=O)O)C(O)C(C)(C)C=C1. The van der Waals surface area contributed by atoms with Crippen molar-refractivity contribution in [3.8, 4) is 0 Å². The van der Waals surface area contributed by atoms with Crippen LogP contribution in [0.15, 0.2) is 35.5 Å². The van der Waals surface area contributed by atoms with E-state index in [2.05, 4.69) is 13.8 Å². The van der Waals surface area contributed by atoms with E-state index in [4.69, 9.17) is 0 Å². The highest BCUT2D eigenvalue weighted by atomic mass is 16.4. The first-order valence-electron chi connectivity index (χ1n) is 7.77. The zero-order chi connectivity index (χ0) is 16.0. The number of allylic oxidation sites excluding steroid dienone is 4. The molecule has 0 aromatic carbocycles. The molecule has 0 spiro atoms. The highest BCUT2D eigenvalue weighted by Gasteiger charge is 2.35. The fourth-order valence-corrected chi connectivity index (χ4v) is 2.43. The van der Waals surface area contributed by atoms with Crippen molar-refractivity contribution in [3.63, 3.8) is 0 Å². The molecule has 0 radical (unpaired) electrons. The van der Waals surface area contributed by atoms with Gasteiger partial charge in [-0.15, -0.1) is 0 Å². The molecule has 1 rings (SSSR count). The van der Waals surface area contributed by atoms with Crippen LogP contribution in [0.2, 0.25) is 0 Å². The lowest BCUT2D eigenvalue weighted by Gasteiger charge is -2.31. The third-order valence-electron chi connectivity index (χ3n) is 3.91. The first-order chi connectivity index (χ1) is 9.75. The minimum atomic E-state index is -1.04. The van der Waals surface area contributed by atoms with Crippen LogP contribution < -0.4 is 0 Å². The van der Waals surface area contributed by atoms with Gasteiger partial charge in [0.2, 0.25) is 0 Å². The van der Waals surface area contributed by atoms with Gasteiger partial charge in [-0.05, 0) is 24.3 Å². The van der Waals surface area contributed by atoms with E-state index in [1.54, 1.807) is 6.08 Å². The molecule has 3 nitrogen and oxygen atoms in total. The van der Waals surface area contributed by atoms with E-state index in [1.807, 2.05) is 32.1 Å². The van der Waals surface area contributed by atoms with Crippen molar-refractivity contribution >= 4 is 5.97 Å². The summed E-state index contributed by atoms with van der Waals surface area (Å²) >= 11 is 0. The van der Waals surface area contributed by atoms with E-state index in [-0.39, 0.29) is 5.57 Å². The molecule has 0 saturated carbocycles. The van der Waals surface area contributed by atoms with Gasteiger partial charge in [-0.25, -0.2) is 4.79 Å². The molecule has 3 heteroatoms. The maximum absolute atomic E-state index is 11.4. The van der Waals surface area contributed by atoms with E-state index in [1.165, 1.54) is 12.8 Å². The van der Waals surface area contributed by atoms with E-state index in [0.717, 1.165) is 18.8 Å². The van der Waals surface area contributed by atoms with Crippen LogP contribution in [0.1, 0.15) is 53.4 Å². The maximum Gasteiger partial charge on any atom is 0.334 e. The lowest BCUT2D eigenvalue weighted by molar-refractivity contribution is -0.134. The van der Waals surface area contributed by atoms with Crippen molar-refractivity contribution in [2.45, 2.75) is 59.5 Å². The van der Waals surface area contributed by atoms with E-state index >= 15 is 0 Å². The predicted octanol–water partition coefficient (Wildman–Crippen LogP) is 4.10. The smallest absolute Gasteiger partial charge is 0.334 e. The van der Waals surface area contributed by atoms with Crippen molar-refractivity contribution < 1.29 is 15.0 Å². The van der Waals surface area contributed by atoms with Crippen LogP contribution in [-0.4, -0.2) is 22.3 Å². The first kappa shape index (κ1) is 17.7. The molecular formula is C18H28O3. The van der Waals surface area contributed by atoms with Crippen molar-refractivity contribution in [1.82, 2.24) is 0 Å². The molecule has 2 N–H and O–H groups in total. The number of unbranched alkanes of at least 4 members (excludes halogenated alkanes) is 2. The Bertz CT molecular complexity index is 453. The van der Waals surface area contributed by atoms with Crippen LogP contribution in [-0.2, 0) is 4.79 Å². The Morgan fingerprint density at radius 2 is 2.05 bits per heavy atom. The van der Waals surface area contributed by atoms with Gasteiger partial charge in [0.25, 0.3) is 0 Å². The second-order valence-electron chi connectivity index (χ2n) is 6.81. The molecule has 0 heterocycles. The predicted molar refractivity (Wildman–Crippen MR) is 86.0 cm³/mol. The van der Waals surface area contributed by atoms with Crippen LogP contribution in [0, 0.1) is 11.3 Å². The number of carboxylic acid groups (broad SMARTS) is 1. The van der Waals surface area contributed by atoms with Crippen molar-refractivity contribution in [3.05, 3.63) is 35.5 Å². The number of rotatable bonds is 7. The minimum absolute atomic E-state index is 0.0981. The largest absolute Gasteiger partial charge is 0.478 e. The quantitative estimate of drug-likeness (QED) is 0.695. The Kier molecular flexibility index (Phi) is 6.41. The molecule has 0 saturated heterocycles. The summed E-state index contributed by atoms with van der Waals surface area (Å²) in [6.45, 7) is 8.11. The zero-order valence-corrected chi connectivity index (χ0v) is 13.6. The number of aliphatic carboxylic acids is 1. The molecule has 1 aliphatic rings. The fourth-order valence-electron chi connectivity index (χ4n) is 2.43. The second-order valence-corrected chi connectivity index (χ2v) is 6.81. The van der Waals surface area contributed by atoms with Gasteiger partial charge < -0.3 is 10.2 Å². The molecule has 1 aliphatic carbocycles. The average molecular weight is 292 g/mol. The van der Waals surface area contributed by atoms with Crippen molar-refractivity contribution in [1.29, 1.82) is 0 Å². The Hall–Kier alpha value is -1.35. The van der Waals surface area contributed by atoms with Gasteiger partial charge in [0.05, 0.1) is 11.7 Å². The first-order valence-corrected chi connectivity index (χ1v) is 7.77. The van der Waals surface area contributed by atoms with Crippen molar-refractivity contribution in [2.24, 2.45) is 11.3 Å². The summed E-state index contributed by atoms with van der Waals surface area (Å²) in [5.41, 5.74) is 0.168. The molecule has 21 heavy (non-hydrogen) atoms. The summed E-state index contributed by atoms with van der Waals surface area (Å²) in [7, 11) is 0. The summed E-state index contributed by atoms with van der Waals surface area (Å²) < 4.78 is 0. The maximum atomic E-state index is 11.4. The van der Waals surface area contributed by atoms with Gasteiger partial charge >= 0.3 is 5.97 Å². The molecule has 118 valence electrons. The molecule has 0 aromatic heterocycles. The Morgan fingerprint density at radius 1 is 1.38 bits per heavy atom.